The van der Waals surface area contributed by atoms with Crippen molar-refractivity contribution in [3.63, 3.8) is 0 Å². The molecule has 0 radical (unpaired) electrons. The van der Waals surface area contributed by atoms with Crippen molar-refractivity contribution in [2.24, 2.45) is 5.73 Å². The average molecular weight is 252 g/mol. The van der Waals surface area contributed by atoms with E-state index in [1.165, 1.54) is 11.1 Å². The molecule has 0 aliphatic heterocycles. The molecule has 0 amide bonds. The SMILES string of the molecule is CCc1cc(CCNCC(N)CO)ccc1OC. The van der Waals surface area contributed by atoms with E-state index in [1.807, 2.05) is 6.07 Å². The van der Waals surface area contributed by atoms with Crippen LogP contribution in [0.2, 0.25) is 0 Å². The van der Waals surface area contributed by atoms with Gasteiger partial charge in [0.25, 0.3) is 0 Å². The topological polar surface area (TPSA) is 67.5 Å². The molecule has 1 rings (SSSR count). The van der Waals surface area contributed by atoms with Gasteiger partial charge in [0.05, 0.1) is 13.7 Å². The summed E-state index contributed by atoms with van der Waals surface area (Å²) in [7, 11) is 1.70. The number of benzene rings is 1. The van der Waals surface area contributed by atoms with Crippen molar-refractivity contribution < 1.29 is 9.84 Å². The molecule has 102 valence electrons. The normalized spacial score (nSPS) is 12.4. The van der Waals surface area contributed by atoms with E-state index in [0.717, 1.165) is 25.1 Å². The molecular weight excluding hydrogens is 228 g/mol. The minimum absolute atomic E-state index is 0.0233. The lowest BCUT2D eigenvalue weighted by Gasteiger charge is -2.11. The number of aliphatic hydroxyl groups excluding tert-OH is 1. The fraction of sp³-hybridized carbons (Fsp3) is 0.571. The van der Waals surface area contributed by atoms with Gasteiger partial charge in [-0.05, 0) is 36.6 Å². The molecule has 0 saturated heterocycles. The molecule has 1 unspecified atom stereocenters. The van der Waals surface area contributed by atoms with E-state index in [1.54, 1.807) is 7.11 Å². The minimum Gasteiger partial charge on any atom is -0.496 e. The summed E-state index contributed by atoms with van der Waals surface area (Å²) >= 11 is 0. The Morgan fingerprint density at radius 1 is 1.44 bits per heavy atom. The van der Waals surface area contributed by atoms with Crippen LogP contribution in [-0.4, -0.2) is 38.0 Å². The number of rotatable bonds is 8. The van der Waals surface area contributed by atoms with Gasteiger partial charge in [0.1, 0.15) is 5.75 Å². The Morgan fingerprint density at radius 2 is 2.22 bits per heavy atom. The highest BCUT2D eigenvalue weighted by atomic mass is 16.5. The fourth-order valence-corrected chi connectivity index (χ4v) is 1.85. The summed E-state index contributed by atoms with van der Waals surface area (Å²) in [4.78, 5) is 0. The van der Waals surface area contributed by atoms with Crippen molar-refractivity contribution in [1.29, 1.82) is 0 Å². The van der Waals surface area contributed by atoms with Gasteiger partial charge in [-0.2, -0.15) is 0 Å². The molecule has 18 heavy (non-hydrogen) atoms. The maximum Gasteiger partial charge on any atom is 0.122 e. The van der Waals surface area contributed by atoms with Crippen LogP contribution >= 0.6 is 0 Å². The molecule has 0 aliphatic rings. The molecule has 0 bridgehead atoms. The Hall–Kier alpha value is -1.10. The van der Waals surface area contributed by atoms with Gasteiger partial charge in [-0.15, -0.1) is 0 Å². The molecule has 1 atom stereocenters. The summed E-state index contributed by atoms with van der Waals surface area (Å²) in [6, 6.07) is 6.12. The molecule has 1 aromatic rings. The van der Waals surface area contributed by atoms with Gasteiger partial charge in [-0.25, -0.2) is 0 Å². The third-order valence-corrected chi connectivity index (χ3v) is 2.96. The summed E-state index contributed by atoms with van der Waals surface area (Å²) in [5, 5.41) is 12.0. The average Bonchev–Trinajstić information content (AvgIpc) is 2.42. The fourth-order valence-electron chi connectivity index (χ4n) is 1.85. The summed E-state index contributed by atoms with van der Waals surface area (Å²) in [6.45, 7) is 3.66. The predicted molar refractivity (Wildman–Crippen MR) is 74.0 cm³/mol. The second kappa shape index (κ2) is 8.08. The number of aliphatic hydroxyl groups is 1. The summed E-state index contributed by atoms with van der Waals surface area (Å²) in [6.07, 6.45) is 1.93. The molecule has 0 heterocycles. The van der Waals surface area contributed by atoms with E-state index in [-0.39, 0.29) is 12.6 Å². The summed E-state index contributed by atoms with van der Waals surface area (Å²) in [5.74, 6) is 0.955. The lowest BCUT2D eigenvalue weighted by atomic mass is 10.1. The Kier molecular flexibility index (Phi) is 6.72. The van der Waals surface area contributed by atoms with E-state index < -0.39 is 0 Å². The Labute approximate surface area is 109 Å². The molecule has 4 N–H and O–H groups in total. The highest BCUT2D eigenvalue weighted by molar-refractivity contribution is 5.37. The third-order valence-electron chi connectivity index (χ3n) is 2.96. The van der Waals surface area contributed by atoms with Crippen molar-refractivity contribution in [1.82, 2.24) is 5.32 Å². The predicted octanol–water partition coefficient (Wildman–Crippen LogP) is 0.709. The molecule has 4 heteroatoms. The number of aryl methyl sites for hydroxylation is 1. The van der Waals surface area contributed by atoms with Crippen LogP contribution in [0.4, 0.5) is 0 Å². The largest absolute Gasteiger partial charge is 0.496 e. The van der Waals surface area contributed by atoms with Crippen LogP contribution < -0.4 is 15.8 Å². The Bertz CT molecular complexity index is 356. The molecule has 0 saturated carbocycles. The number of methoxy groups -OCH3 is 1. The van der Waals surface area contributed by atoms with Crippen LogP contribution in [0, 0.1) is 0 Å². The first-order chi connectivity index (χ1) is 8.71. The molecule has 4 nitrogen and oxygen atoms in total. The number of ether oxygens (including phenoxy) is 1. The van der Waals surface area contributed by atoms with Crippen molar-refractivity contribution in [2.75, 3.05) is 26.8 Å². The molecular formula is C14H24N2O2. The first kappa shape index (κ1) is 15.0. The highest BCUT2D eigenvalue weighted by Crippen LogP contribution is 2.20. The van der Waals surface area contributed by atoms with Crippen molar-refractivity contribution in [2.45, 2.75) is 25.8 Å². The maximum absolute atomic E-state index is 8.80. The summed E-state index contributed by atoms with van der Waals surface area (Å²) in [5.41, 5.74) is 8.13. The van der Waals surface area contributed by atoms with Crippen LogP contribution in [-0.2, 0) is 12.8 Å². The number of hydrogen-bond donors (Lipinski definition) is 3. The molecule has 0 aliphatic carbocycles. The van der Waals surface area contributed by atoms with Crippen LogP contribution in [0.25, 0.3) is 0 Å². The van der Waals surface area contributed by atoms with Crippen LogP contribution in [0.1, 0.15) is 18.1 Å². The molecule has 1 aromatic carbocycles. The van der Waals surface area contributed by atoms with Crippen LogP contribution in [0.3, 0.4) is 0 Å². The zero-order chi connectivity index (χ0) is 13.4. The quantitative estimate of drug-likeness (QED) is 0.596. The lowest BCUT2D eigenvalue weighted by molar-refractivity contribution is 0.262. The zero-order valence-electron chi connectivity index (χ0n) is 11.3. The van der Waals surface area contributed by atoms with Gasteiger partial charge in [-0.3, -0.25) is 0 Å². The first-order valence-electron chi connectivity index (χ1n) is 6.44. The van der Waals surface area contributed by atoms with Crippen molar-refractivity contribution in [3.8, 4) is 5.75 Å². The van der Waals surface area contributed by atoms with E-state index in [4.69, 9.17) is 15.6 Å². The second-order valence-electron chi connectivity index (χ2n) is 4.40. The van der Waals surface area contributed by atoms with E-state index in [0.29, 0.717) is 6.54 Å². The van der Waals surface area contributed by atoms with Gasteiger partial charge in [0.2, 0.25) is 0 Å². The minimum atomic E-state index is -0.174. The zero-order valence-corrected chi connectivity index (χ0v) is 11.3. The first-order valence-corrected chi connectivity index (χ1v) is 6.44. The molecule has 0 fully saturated rings. The van der Waals surface area contributed by atoms with Crippen molar-refractivity contribution >= 4 is 0 Å². The van der Waals surface area contributed by atoms with Gasteiger partial charge in [-0.1, -0.05) is 19.1 Å². The standard InChI is InChI=1S/C14H24N2O2/c1-3-12-8-11(4-5-14(12)18-2)6-7-16-9-13(15)10-17/h4-5,8,13,16-17H,3,6-7,9-10,15H2,1-2H3. The molecule has 0 aromatic heterocycles. The van der Waals surface area contributed by atoms with Crippen LogP contribution in [0.5, 0.6) is 5.75 Å². The van der Waals surface area contributed by atoms with Gasteiger partial charge in [0.15, 0.2) is 0 Å². The number of nitrogens with one attached hydrogen (secondary N) is 1. The van der Waals surface area contributed by atoms with Crippen LogP contribution in [0.15, 0.2) is 18.2 Å². The monoisotopic (exact) mass is 252 g/mol. The lowest BCUT2D eigenvalue weighted by Crippen LogP contribution is -2.37. The third kappa shape index (κ3) is 4.64. The summed E-state index contributed by atoms with van der Waals surface area (Å²) < 4.78 is 5.30. The highest BCUT2D eigenvalue weighted by Gasteiger charge is 2.03. The van der Waals surface area contributed by atoms with E-state index >= 15 is 0 Å². The number of nitrogens with two attached hydrogens (primary N) is 1. The van der Waals surface area contributed by atoms with Gasteiger partial charge < -0.3 is 20.9 Å². The van der Waals surface area contributed by atoms with Gasteiger partial charge >= 0.3 is 0 Å². The molecule has 0 spiro atoms. The maximum atomic E-state index is 8.80. The van der Waals surface area contributed by atoms with E-state index in [2.05, 4.69) is 24.4 Å². The number of hydrogen-bond acceptors (Lipinski definition) is 4. The van der Waals surface area contributed by atoms with E-state index in [9.17, 15) is 0 Å². The van der Waals surface area contributed by atoms with Crippen molar-refractivity contribution in [3.05, 3.63) is 29.3 Å². The Morgan fingerprint density at radius 3 is 2.83 bits per heavy atom. The van der Waals surface area contributed by atoms with Gasteiger partial charge in [0, 0.05) is 12.6 Å². The second-order valence-corrected chi connectivity index (χ2v) is 4.40. The Balaban J connectivity index is 2.43. The smallest absolute Gasteiger partial charge is 0.122 e.